The standard InChI is InChI=1S/C19H28N2O2/c1-2-16-9-6-10-18(15-16)23-14-13-21-19(22)20-12-11-17-7-4-3-5-8-17/h6-7,9-10,15H,2-5,8,11-14H2,1H3,(H2,20,21,22). The van der Waals surface area contributed by atoms with Crippen LogP contribution in [-0.4, -0.2) is 25.7 Å². The molecular weight excluding hydrogens is 288 g/mol. The second-order valence-electron chi connectivity index (χ2n) is 5.89. The highest BCUT2D eigenvalue weighted by molar-refractivity contribution is 5.73. The molecule has 0 aromatic heterocycles. The zero-order valence-corrected chi connectivity index (χ0v) is 14.1. The molecule has 0 fully saturated rings. The number of carbonyl (C=O) groups is 1. The van der Waals surface area contributed by atoms with Crippen LogP contribution in [0.15, 0.2) is 35.9 Å². The van der Waals surface area contributed by atoms with Crippen molar-refractivity contribution in [1.82, 2.24) is 10.6 Å². The molecule has 0 saturated heterocycles. The first kappa shape index (κ1) is 17.4. The molecule has 1 aromatic carbocycles. The van der Waals surface area contributed by atoms with Gasteiger partial charge in [0.2, 0.25) is 0 Å². The van der Waals surface area contributed by atoms with Gasteiger partial charge >= 0.3 is 6.03 Å². The van der Waals surface area contributed by atoms with E-state index in [0.717, 1.165) is 18.6 Å². The minimum atomic E-state index is -0.118. The van der Waals surface area contributed by atoms with Gasteiger partial charge in [-0.25, -0.2) is 4.79 Å². The van der Waals surface area contributed by atoms with Gasteiger partial charge in [0.05, 0.1) is 6.54 Å². The number of benzene rings is 1. The molecule has 2 rings (SSSR count). The predicted molar refractivity (Wildman–Crippen MR) is 93.9 cm³/mol. The van der Waals surface area contributed by atoms with E-state index in [1.807, 2.05) is 18.2 Å². The van der Waals surface area contributed by atoms with Crippen molar-refractivity contribution in [2.75, 3.05) is 19.7 Å². The number of amides is 2. The molecule has 4 heteroatoms. The zero-order valence-electron chi connectivity index (χ0n) is 14.1. The van der Waals surface area contributed by atoms with Gasteiger partial charge in [-0.1, -0.05) is 30.7 Å². The maximum atomic E-state index is 11.7. The summed E-state index contributed by atoms with van der Waals surface area (Å²) in [4.78, 5) is 11.7. The van der Waals surface area contributed by atoms with Crippen LogP contribution in [0.25, 0.3) is 0 Å². The highest BCUT2D eigenvalue weighted by atomic mass is 16.5. The SMILES string of the molecule is CCc1cccc(OCCNC(=O)NCCC2=CCCCC2)c1. The third-order valence-corrected chi connectivity index (χ3v) is 4.08. The van der Waals surface area contributed by atoms with Gasteiger partial charge in [-0.3, -0.25) is 0 Å². The smallest absolute Gasteiger partial charge is 0.314 e. The second kappa shape index (κ2) is 9.93. The van der Waals surface area contributed by atoms with E-state index in [2.05, 4.69) is 29.7 Å². The molecule has 2 amide bonds. The van der Waals surface area contributed by atoms with Crippen molar-refractivity contribution in [2.24, 2.45) is 0 Å². The maximum Gasteiger partial charge on any atom is 0.314 e. The van der Waals surface area contributed by atoms with Crippen LogP contribution >= 0.6 is 0 Å². The minimum Gasteiger partial charge on any atom is -0.492 e. The molecule has 0 saturated carbocycles. The molecule has 0 aliphatic heterocycles. The quantitative estimate of drug-likeness (QED) is 0.566. The molecule has 0 spiro atoms. The Hall–Kier alpha value is -1.97. The summed E-state index contributed by atoms with van der Waals surface area (Å²) in [6, 6.07) is 7.94. The number of ether oxygens (including phenoxy) is 1. The molecule has 1 aromatic rings. The second-order valence-corrected chi connectivity index (χ2v) is 5.89. The lowest BCUT2D eigenvalue weighted by molar-refractivity contribution is 0.236. The zero-order chi connectivity index (χ0) is 16.3. The average Bonchev–Trinajstić information content (AvgIpc) is 2.60. The lowest BCUT2D eigenvalue weighted by Gasteiger charge is -2.13. The Balaban J connectivity index is 1.55. The summed E-state index contributed by atoms with van der Waals surface area (Å²) in [6.45, 7) is 3.81. The molecule has 0 radical (unpaired) electrons. The summed E-state index contributed by atoms with van der Waals surface area (Å²) in [5, 5.41) is 5.73. The number of rotatable bonds is 8. The summed E-state index contributed by atoms with van der Waals surface area (Å²) in [6.07, 6.45) is 9.25. The van der Waals surface area contributed by atoms with E-state index in [1.54, 1.807) is 0 Å². The van der Waals surface area contributed by atoms with E-state index in [1.165, 1.54) is 36.8 Å². The fourth-order valence-corrected chi connectivity index (χ4v) is 2.72. The van der Waals surface area contributed by atoms with Gasteiger partial charge in [0, 0.05) is 6.54 Å². The topological polar surface area (TPSA) is 50.4 Å². The summed E-state index contributed by atoms with van der Waals surface area (Å²) < 4.78 is 5.65. The van der Waals surface area contributed by atoms with E-state index in [9.17, 15) is 4.79 Å². The normalized spacial score (nSPS) is 14.0. The average molecular weight is 316 g/mol. The third kappa shape index (κ3) is 6.76. The monoisotopic (exact) mass is 316 g/mol. The summed E-state index contributed by atoms with van der Waals surface area (Å²) in [7, 11) is 0. The number of aryl methyl sites for hydroxylation is 1. The van der Waals surface area contributed by atoms with Gasteiger partial charge < -0.3 is 15.4 Å². The van der Waals surface area contributed by atoms with Crippen molar-refractivity contribution in [2.45, 2.75) is 45.4 Å². The van der Waals surface area contributed by atoms with Gasteiger partial charge in [-0.15, -0.1) is 0 Å². The molecule has 0 atom stereocenters. The molecule has 2 N–H and O–H groups in total. The number of allylic oxidation sites excluding steroid dienone is 1. The molecule has 0 bridgehead atoms. The number of hydrogen-bond acceptors (Lipinski definition) is 2. The van der Waals surface area contributed by atoms with E-state index >= 15 is 0 Å². The number of urea groups is 1. The van der Waals surface area contributed by atoms with Crippen LogP contribution in [0.4, 0.5) is 4.79 Å². The Morgan fingerprint density at radius 3 is 2.87 bits per heavy atom. The van der Waals surface area contributed by atoms with Crippen LogP contribution in [0, 0.1) is 0 Å². The Morgan fingerprint density at radius 2 is 2.09 bits per heavy atom. The van der Waals surface area contributed by atoms with Gasteiger partial charge in [0.1, 0.15) is 12.4 Å². The first-order valence-electron chi connectivity index (χ1n) is 8.69. The van der Waals surface area contributed by atoms with E-state index < -0.39 is 0 Å². The third-order valence-electron chi connectivity index (χ3n) is 4.08. The molecule has 126 valence electrons. The Morgan fingerprint density at radius 1 is 1.22 bits per heavy atom. The molecule has 4 nitrogen and oxygen atoms in total. The van der Waals surface area contributed by atoms with E-state index in [0.29, 0.717) is 19.7 Å². The van der Waals surface area contributed by atoms with Crippen molar-refractivity contribution in [3.8, 4) is 5.75 Å². The van der Waals surface area contributed by atoms with E-state index in [-0.39, 0.29) is 6.03 Å². The van der Waals surface area contributed by atoms with Crippen molar-refractivity contribution < 1.29 is 9.53 Å². The summed E-state index contributed by atoms with van der Waals surface area (Å²) >= 11 is 0. The van der Waals surface area contributed by atoms with Gasteiger partial charge in [-0.2, -0.15) is 0 Å². The molecule has 1 aliphatic rings. The van der Waals surface area contributed by atoms with Crippen molar-refractivity contribution >= 4 is 6.03 Å². The van der Waals surface area contributed by atoms with Crippen molar-refractivity contribution in [1.29, 1.82) is 0 Å². The number of nitrogens with one attached hydrogen (secondary N) is 2. The van der Waals surface area contributed by atoms with Crippen LogP contribution in [0.1, 0.15) is 44.6 Å². The molecule has 0 heterocycles. The fraction of sp³-hybridized carbons (Fsp3) is 0.526. The van der Waals surface area contributed by atoms with Crippen molar-refractivity contribution in [3.63, 3.8) is 0 Å². The largest absolute Gasteiger partial charge is 0.492 e. The highest BCUT2D eigenvalue weighted by Gasteiger charge is 2.04. The minimum absolute atomic E-state index is 0.118. The first-order chi connectivity index (χ1) is 11.3. The van der Waals surface area contributed by atoms with Crippen LogP contribution in [-0.2, 0) is 6.42 Å². The van der Waals surface area contributed by atoms with Crippen LogP contribution < -0.4 is 15.4 Å². The van der Waals surface area contributed by atoms with E-state index in [4.69, 9.17) is 4.74 Å². The molecule has 23 heavy (non-hydrogen) atoms. The Labute approximate surface area is 139 Å². The Kier molecular flexibility index (Phi) is 7.50. The van der Waals surface area contributed by atoms with Crippen LogP contribution in [0.3, 0.4) is 0 Å². The molecule has 0 unspecified atom stereocenters. The number of carbonyl (C=O) groups excluding carboxylic acids is 1. The number of hydrogen-bond donors (Lipinski definition) is 2. The predicted octanol–water partition coefficient (Wildman–Crippen LogP) is 3.82. The highest BCUT2D eigenvalue weighted by Crippen LogP contribution is 2.19. The molecular formula is C19H28N2O2. The fourth-order valence-electron chi connectivity index (χ4n) is 2.72. The Bertz CT molecular complexity index is 526. The maximum absolute atomic E-state index is 11.7. The van der Waals surface area contributed by atoms with Crippen LogP contribution in [0.5, 0.6) is 5.75 Å². The van der Waals surface area contributed by atoms with Crippen LogP contribution in [0.2, 0.25) is 0 Å². The van der Waals surface area contributed by atoms with Gasteiger partial charge in [0.25, 0.3) is 0 Å². The summed E-state index contributed by atoms with van der Waals surface area (Å²) in [5.74, 6) is 0.857. The van der Waals surface area contributed by atoms with Crippen molar-refractivity contribution in [3.05, 3.63) is 41.5 Å². The summed E-state index contributed by atoms with van der Waals surface area (Å²) in [5.41, 5.74) is 2.74. The first-order valence-corrected chi connectivity index (χ1v) is 8.69. The lowest BCUT2D eigenvalue weighted by Crippen LogP contribution is -2.38. The van der Waals surface area contributed by atoms with Gasteiger partial charge in [0.15, 0.2) is 0 Å². The molecule has 1 aliphatic carbocycles. The van der Waals surface area contributed by atoms with Gasteiger partial charge in [-0.05, 0) is 56.2 Å². The lowest BCUT2D eigenvalue weighted by atomic mass is 9.97.